The molecular weight excluding hydrogens is 190 g/mol. The zero-order valence-corrected chi connectivity index (χ0v) is 9.12. The first-order valence-corrected chi connectivity index (χ1v) is 5.38. The van der Waals surface area contributed by atoms with Crippen molar-refractivity contribution in [3.8, 4) is 6.07 Å². The van der Waals surface area contributed by atoms with Gasteiger partial charge in [-0.2, -0.15) is 5.26 Å². The third-order valence-corrected chi connectivity index (χ3v) is 2.12. The summed E-state index contributed by atoms with van der Waals surface area (Å²) < 4.78 is 5.43. The molecule has 82 valence electrons. The molecule has 0 amide bonds. The number of rotatable bonds is 7. The molecule has 1 rings (SSSR count). The predicted molar refractivity (Wildman–Crippen MR) is 57.1 cm³/mol. The number of nitriles is 1. The van der Waals surface area contributed by atoms with Crippen molar-refractivity contribution in [2.75, 3.05) is 6.54 Å². The zero-order chi connectivity index (χ0) is 10.9. The van der Waals surface area contributed by atoms with Crippen LogP contribution in [-0.2, 0) is 13.0 Å². The van der Waals surface area contributed by atoms with Crippen LogP contribution in [-0.4, -0.2) is 11.5 Å². The maximum Gasteiger partial charge on any atom is 0.208 e. The van der Waals surface area contributed by atoms with E-state index in [9.17, 15) is 0 Å². The van der Waals surface area contributed by atoms with Crippen molar-refractivity contribution in [1.29, 1.82) is 5.26 Å². The molecule has 0 unspecified atom stereocenters. The Balaban J connectivity index is 2.07. The number of unbranched alkanes of at least 4 members (excludes halogenated alkanes) is 2. The van der Waals surface area contributed by atoms with Gasteiger partial charge in [0, 0.05) is 12.8 Å². The Hall–Kier alpha value is -1.34. The Morgan fingerprint density at radius 2 is 2.40 bits per heavy atom. The summed E-state index contributed by atoms with van der Waals surface area (Å²) in [5.74, 6) is 1.67. The molecule has 0 saturated carbocycles. The molecule has 0 fully saturated rings. The highest BCUT2D eigenvalue weighted by Gasteiger charge is 2.00. The molecule has 1 aromatic heterocycles. The first-order valence-electron chi connectivity index (χ1n) is 5.38. The molecule has 0 spiro atoms. The van der Waals surface area contributed by atoms with E-state index >= 15 is 0 Å². The van der Waals surface area contributed by atoms with Gasteiger partial charge in [-0.05, 0) is 19.4 Å². The van der Waals surface area contributed by atoms with Gasteiger partial charge in [0.25, 0.3) is 0 Å². The number of hydrogen-bond donors (Lipinski definition) is 1. The number of aromatic nitrogens is 1. The molecule has 0 aromatic carbocycles. The smallest absolute Gasteiger partial charge is 0.208 e. The first-order chi connectivity index (χ1) is 7.36. The third kappa shape index (κ3) is 4.61. The Morgan fingerprint density at radius 1 is 1.53 bits per heavy atom. The van der Waals surface area contributed by atoms with Crippen molar-refractivity contribution in [2.24, 2.45) is 0 Å². The molecule has 1 aromatic rings. The number of hydrogen-bond acceptors (Lipinski definition) is 4. The minimum absolute atomic E-state index is 0.640. The third-order valence-electron chi connectivity index (χ3n) is 2.12. The van der Waals surface area contributed by atoms with Crippen LogP contribution in [0, 0.1) is 11.3 Å². The van der Waals surface area contributed by atoms with Gasteiger partial charge in [-0.15, -0.1) is 0 Å². The van der Waals surface area contributed by atoms with Crippen molar-refractivity contribution in [3.05, 3.63) is 17.8 Å². The molecule has 1 N–H and O–H groups in total. The van der Waals surface area contributed by atoms with E-state index in [1.807, 2.05) is 6.92 Å². The summed E-state index contributed by atoms with van der Waals surface area (Å²) in [5, 5.41) is 11.6. The van der Waals surface area contributed by atoms with Crippen LogP contribution in [0.4, 0.5) is 0 Å². The molecule has 0 saturated heterocycles. The van der Waals surface area contributed by atoms with E-state index in [0.29, 0.717) is 13.0 Å². The molecule has 15 heavy (non-hydrogen) atoms. The van der Waals surface area contributed by atoms with Gasteiger partial charge in [-0.3, -0.25) is 0 Å². The van der Waals surface area contributed by atoms with E-state index in [1.165, 1.54) is 0 Å². The lowest BCUT2D eigenvalue weighted by Gasteiger charge is -1.99. The average Bonchev–Trinajstić information content (AvgIpc) is 2.71. The van der Waals surface area contributed by atoms with E-state index in [1.54, 1.807) is 6.20 Å². The lowest BCUT2D eigenvalue weighted by Crippen LogP contribution is -2.14. The van der Waals surface area contributed by atoms with Gasteiger partial charge in [0.1, 0.15) is 5.76 Å². The van der Waals surface area contributed by atoms with Crippen molar-refractivity contribution in [1.82, 2.24) is 10.3 Å². The van der Waals surface area contributed by atoms with Crippen LogP contribution in [0.25, 0.3) is 0 Å². The lowest BCUT2D eigenvalue weighted by atomic mass is 10.2. The number of oxazole rings is 1. The van der Waals surface area contributed by atoms with Crippen LogP contribution in [0.2, 0.25) is 0 Å². The van der Waals surface area contributed by atoms with Crippen LogP contribution >= 0.6 is 0 Å². The van der Waals surface area contributed by atoms with Crippen LogP contribution in [0.5, 0.6) is 0 Å². The van der Waals surface area contributed by atoms with Gasteiger partial charge < -0.3 is 9.73 Å². The van der Waals surface area contributed by atoms with Crippen molar-refractivity contribution in [3.63, 3.8) is 0 Å². The monoisotopic (exact) mass is 207 g/mol. The zero-order valence-electron chi connectivity index (χ0n) is 9.12. The van der Waals surface area contributed by atoms with Crippen LogP contribution in [0.3, 0.4) is 0 Å². The van der Waals surface area contributed by atoms with E-state index in [2.05, 4.69) is 16.4 Å². The van der Waals surface area contributed by atoms with Gasteiger partial charge in [0.15, 0.2) is 0 Å². The van der Waals surface area contributed by atoms with Crippen LogP contribution in [0.1, 0.15) is 37.8 Å². The second-order valence-electron chi connectivity index (χ2n) is 3.37. The fourth-order valence-electron chi connectivity index (χ4n) is 1.24. The molecular formula is C11H17N3O. The lowest BCUT2D eigenvalue weighted by molar-refractivity contribution is 0.437. The molecule has 0 aliphatic rings. The SMILES string of the molecule is CCc1cnc(CNCCCCC#N)o1. The highest BCUT2D eigenvalue weighted by molar-refractivity contribution is 4.93. The molecule has 0 aliphatic carbocycles. The summed E-state index contributed by atoms with van der Waals surface area (Å²) in [6, 6.07) is 2.13. The fourth-order valence-corrected chi connectivity index (χ4v) is 1.24. The summed E-state index contributed by atoms with van der Waals surface area (Å²) in [4.78, 5) is 4.14. The Labute approximate surface area is 90.3 Å². The van der Waals surface area contributed by atoms with Crippen molar-refractivity contribution < 1.29 is 4.42 Å². The average molecular weight is 207 g/mol. The molecule has 0 radical (unpaired) electrons. The van der Waals surface area contributed by atoms with Crippen LogP contribution < -0.4 is 5.32 Å². The van der Waals surface area contributed by atoms with Gasteiger partial charge >= 0.3 is 0 Å². The van der Waals surface area contributed by atoms with Crippen LogP contribution in [0.15, 0.2) is 10.6 Å². The Kier molecular flexibility index (Phi) is 5.49. The quantitative estimate of drug-likeness (QED) is 0.695. The first kappa shape index (κ1) is 11.7. The van der Waals surface area contributed by atoms with Gasteiger partial charge in [-0.1, -0.05) is 6.92 Å². The number of nitrogens with zero attached hydrogens (tertiary/aromatic N) is 2. The summed E-state index contributed by atoms with van der Waals surface area (Å²) in [7, 11) is 0. The van der Waals surface area contributed by atoms with Gasteiger partial charge in [-0.25, -0.2) is 4.98 Å². The fraction of sp³-hybridized carbons (Fsp3) is 0.636. The van der Waals surface area contributed by atoms with E-state index < -0.39 is 0 Å². The topological polar surface area (TPSA) is 61.9 Å². The normalized spacial score (nSPS) is 10.1. The van der Waals surface area contributed by atoms with Crippen molar-refractivity contribution >= 4 is 0 Å². The maximum atomic E-state index is 8.34. The Morgan fingerprint density at radius 3 is 3.07 bits per heavy atom. The maximum absolute atomic E-state index is 8.34. The molecule has 4 nitrogen and oxygen atoms in total. The highest BCUT2D eigenvalue weighted by atomic mass is 16.4. The largest absolute Gasteiger partial charge is 0.444 e. The minimum atomic E-state index is 0.640. The number of aryl methyl sites for hydroxylation is 1. The van der Waals surface area contributed by atoms with Gasteiger partial charge in [0.05, 0.1) is 18.8 Å². The second kappa shape index (κ2) is 7.02. The summed E-state index contributed by atoms with van der Waals surface area (Å²) in [6.07, 6.45) is 5.27. The molecule has 0 aliphatic heterocycles. The minimum Gasteiger partial charge on any atom is -0.444 e. The molecule has 0 atom stereocenters. The predicted octanol–water partition coefficient (Wildman–Crippen LogP) is 2.02. The van der Waals surface area contributed by atoms with Crippen molar-refractivity contribution in [2.45, 2.75) is 39.2 Å². The van der Waals surface area contributed by atoms with E-state index in [4.69, 9.17) is 9.68 Å². The Bertz CT molecular complexity index is 314. The summed E-state index contributed by atoms with van der Waals surface area (Å²) in [5.41, 5.74) is 0. The molecule has 0 bridgehead atoms. The highest BCUT2D eigenvalue weighted by Crippen LogP contribution is 2.03. The van der Waals surface area contributed by atoms with Gasteiger partial charge in [0.2, 0.25) is 5.89 Å². The summed E-state index contributed by atoms with van der Waals surface area (Å²) in [6.45, 7) is 3.62. The van der Waals surface area contributed by atoms with E-state index in [0.717, 1.165) is 37.5 Å². The molecule has 1 heterocycles. The number of nitrogens with one attached hydrogen (secondary N) is 1. The standard InChI is InChI=1S/C11H17N3O/c1-2-10-8-14-11(15-10)9-13-7-5-3-4-6-12/h8,13H,2-5,7,9H2,1H3. The molecule has 4 heteroatoms. The second-order valence-corrected chi connectivity index (χ2v) is 3.37. The summed E-state index contributed by atoms with van der Waals surface area (Å²) >= 11 is 0. The van der Waals surface area contributed by atoms with E-state index in [-0.39, 0.29) is 0 Å².